The number of carbonyl (C=O) groups is 1. The number of fused-ring (bicyclic) bond motifs is 1. The van der Waals surface area contributed by atoms with Crippen molar-refractivity contribution in [2.45, 2.75) is 84.5 Å². The van der Waals surface area contributed by atoms with Gasteiger partial charge in [-0.05, 0) is 61.2 Å². The number of hydrogen-bond donors (Lipinski definition) is 0. The van der Waals surface area contributed by atoms with Crippen LogP contribution in [0.15, 0.2) is 24.3 Å². The molecule has 0 N–H and O–H groups in total. The molecule has 2 rings (SSSR count). The van der Waals surface area contributed by atoms with E-state index >= 15 is 0 Å². The molecular formula is C22H34BF3KNO3Si. The van der Waals surface area contributed by atoms with E-state index in [-0.39, 0.29) is 56.9 Å². The summed E-state index contributed by atoms with van der Waals surface area (Å²) in [4.78, 5) is 12.6. The Morgan fingerprint density at radius 3 is 1.88 bits per heavy atom. The summed E-state index contributed by atoms with van der Waals surface area (Å²) in [6.45, 7) is 12.3. The first-order chi connectivity index (χ1) is 14.0. The van der Waals surface area contributed by atoms with E-state index in [4.69, 9.17) is 9.16 Å². The van der Waals surface area contributed by atoms with Crippen LogP contribution in [-0.4, -0.2) is 31.6 Å². The van der Waals surface area contributed by atoms with Gasteiger partial charge in [0, 0.05) is 5.39 Å². The minimum absolute atomic E-state index is 0. The zero-order chi connectivity index (χ0) is 23.9. The van der Waals surface area contributed by atoms with Crippen molar-refractivity contribution >= 4 is 37.9 Å². The third-order valence-corrected chi connectivity index (χ3v) is 11.7. The molecule has 0 aliphatic rings. The molecule has 0 saturated heterocycles. The molecule has 4 nitrogen and oxygen atoms in total. The van der Waals surface area contributed by atoms with Gasteiger partial charge in [0.1, 0.15) is 11.4 Å². The van der Waals surface area contributed by atoms with E-state index in [1.807, 2.05) is 0 Å². The predicted molar refractivity (Wildman–Crippen MR) is 124 cm³/mol. The molecule has 1 aromatic heterocycles. The van der Waals surface area contributed by atoms with Crippen LogP contribution in [0.5, 0.6) is 5.75 Å². The molecule has 0 saturated carbocycles. The van der Waals surface area contributed by atoms with Crippen LogP contribution in [0.25, 0.3) is 10.9 Å². The van der Waals surface area contributed by atoms with Crippen LogP contribution < -0.4 is 61.4 Å². The standard InChI is InChI=1S/C22H34BF3NO3Si.K/c1-14(2)31(15(3)4,16(5)6)30-18-10-11-19-17(12-18)13-20(23(24,25)26)27(19)21(28)29-22(7,8)9;/h10-16H,1-9H3;/q-1;+1. The van der Waals surface area contributed by atoms with Crippen LogP contribution in [-0.2, 0) is 4.74 Å². The zero-order valence-corrected chi connectivity index (χ0v) is 25.0. The first-order valence-electron chi connectivity index (χ1n) is 10.8. The van der Waals surface area contributed by atoms with Crippen LogP contribution in [0.4, 0.5) is 17.7 Å². The molecular weight excluding hydrogens is 461 g/mol. The summed E-state index contributed by atoms with van der Waals surface area (Å²) in [5.41, 5.74) is -0.789. The molecule has 32 heavy (non-hydrogen) atoms. The molecule has 0 aliphatic carbocycles. The Morgan fingerprint density at radius 2 is 1.47 bits per heavy atom. The normalized spacial score (nSPS) is 13.1. The van der Waals surface area contributed by atoms with Gasteiger partial charge < -0.3 is 22.1 Å². The van der Waals surface area contributed by atoms with Gasteiger partial charge in [-0.1, -0.05) is 47.6 Å². The van der Waals surface area contributed by atoms with Gasteiger partial charge in [0.2, 0.25) is 0 Å². The van der Waals surface area contributed by atoms with E-state index in [0.29, 0.717) is 32.3 Å². The minimum Gasteiger partial charge on any atom is -0.543 e. The molecule has 0 atom stereocenters. The van der Waals surface area contributed by atoms with E-state index < -0.39 is 32.6 Å². The summed E-state index contributed by atoms with van der Waals surface area (Å²) in [6, 6.07) is 5.79. The number of rotatable bonds is 6. The van der Waals surface area contributed by atoms with Gasteiger partial charge in [0.15, 0.2) is 0 Å². The number of carbonyl (C=O) groups excluding carboxylic acids is 1. The fourth-order valence-corrected chi connectivity index (χ4v) is 9.83. The summed E-state index contributed by atoms with van der Waals surface area (Å²) in [5.74, 6) is 0.540. The molecule has 0 bridgehead atoms. The van der Waals surface area contributed by atoms with Crippen molar-refractivity contribution in [2.24, 2.45) is 0 Å². The van der Waals surface area contributed by atoms with Crippen LogP contribution in [0.2, 0.25) is 16.6 Å². The Hall–Kier alpha value is -0.262. The largest absolute Gasteiger partial charge is 1.00 e. The van der Waals surface area contributed by atoms with Crippen molar-refractivity contribution < 1.29 is 78.3 Å². The molecule has 0 aliphatic heterocycles. The first-order valence-corrected chi connectivity index (χ1v) is 12.9. The fraction of sp³-hybridized carbons (Fsp3) is 0.591. The van der Waals surface area contributed by atoms with Crippen LogP contribution in [0, 0.1) is 0 Å². The van der Waals surface area contributed by atoms with Crippen molar-refractivity contribution in [3.05, 3.63) is 24.3 Å². The second-order valence-corrected chi connectivity index (χ2v) is 15.5. The number of ether oxygens (including phenoxy) is 1. The quantitative estimate of drug-likeness (QED) is 0.569. The van der Waals surface area contributed by atoms with Gasteiger partial charge >= 0.3 is 64.5 Å². The average molecular weight is 496 g/mol. The summed E-state index contributed by atoms with van der Waals surface area (Å²) in [7, 11) is -2.27. The smallest absolute Gasteiger partial charge is 0.543 e. The molecule has 0 spiro atoms. The predicted octanol–water partition coefficient (Wildman–Crippen LogP) is 4.04. The average Bonchev–Trinajstić information content (AvgIpc) is 2.96. The van der Waals surface area contributed by atoms with E-state index in [2.05, 4.69) is 41.5 Å². The zero-order valence-electron chi connectivity index (χ0n) is 20.9. The van der Waals surface area contributed by atoms with E-state index in [0.717, 1.165) is 6.07 Å². The number of halogens is 3. The van der Waals surface area contributed by atoms with Crippen molar-refractivity contribution in [1.29, 1.82) is 0 Å². The monoisotopic (exact) mass is 495 g/mol. The second kappa shape index (κ2) is 10.6. The van der Waals surface area contributed by atoms with Gasteiger partial charge in [-0.2, -0.15) is 0 Å². The molecule has 0 unspecified atom stereocenters. The molecule has 1 aromatic carbocycles. The van der Waals surface area contributed by atoms with Gasteiger partial charge in [-0.15, -0.1) is 0 Å². The topological polar surface area (TPSA) is 40.5 Å². The van der Waals surface area contributed by atoms with Crippen molar-refractivity contribution in [3.8, 4) is 5.75 Å². The number of hydrogen-bond acceptors (Lipinski definition) is 3. The minimum atomic E-state index is -5.42. The number of nitrogens with zero attached hydrogens (tertiary/aromatic N) is 1. The third-order valence-electron chi connectivity index (χ3n) is 5.71. The SMILES string of the molecule is CC(C)[Si](Oc1ccc2c(c1)cc([B-](F)(F)F)n2C(=O)OC(C)(C)C)(C(C)C)C(C)C.[K+]. The Morgan fingerprint density at radius 1 is 0.969 bits per heavy atom. The molecule has 10 heteroatoms. The van der Waals surface area contributed by atoms with E-state index in [1.165, 1.54) is 6.07 Å². The molecule has 174 valence electrons. The van der Waals surface area contributed by atoms with Gasteiger partial charge in [-0.3, -0.25) is 4.57 Å². The van der Waals surface area contributed by atoms with Crippen LogP contribution in [0.1, 0.15) is 62.3 Å². The van der Waals surface area contributed by atoms with Gasteiger partial charge in [0.05, 0.1) is 5.52 Å². The summed E-state index contributed by atoms with van der Waals surface area (Å²) < 4.78 is 53.8. The van der Waals surface area contributed by atoms with Crippen molar-refractivity contribution in [3.63, 3.8) is 0 Å². The summed E-state index contributed by atoms with van der Waals surface area (Å²) >= 11 is 0. The number of benzene rings is 1. The molecule has 2 aromatic rings. The Bertz CT molecular complexity index is 930. The maximum Gasteiger partial charge on any atom is 1.00 e. The molecule has 0 radical (unpaired) electrons. The maximum atomic E-state index is 13.8. The molecule has 1 heterocycles. The van der Waals surface area contributed by atoms with Crippen LogP contribution in [0.3, 0.4) is 0 Å². The Kier molecular flexibility index (Phi) is 9.82. The Balaban J connectivity index is 0.00000512. The van der Waals surface area contributed by atoms with Gasteiger partial charge in [0.25, 0.3) is 8.32 Å². The van der Waals surface area contributed by atoms with Crippen molar-refractivity contribution in [1.82, 2.24) is 4.57 Å². The van der Waals surface area contributed by atoms with Crippen LogP contribution >= 0.6 is 0 Å². The molecule has 0 amide bonds. The first kappa shape index (κ1) is 29.8. The van der Waals surface area contributed by atoms with Gasteiger partial charge in [-0.25, -0.2) is 4.79 Å². The third kappa shape index (κ3) is 6.24. The second-order valence-electron chi connectivity index (χ2n) is 10.1. The maximum absolute atomic E-state index is 13.8. The molecule has 0 fully saturated rings. The fourth-order valence-electron chi connectivity index (χ4n) is 4.59. The number of aromatic nitrogens is 1. The van der Waals surface area contributed by atoms with Crippen molar-refractivity contribution in [2.75, 3.05) is 0 Å². The summed E-state index contributed by atoms with van der Waals surface area (Å²) in [6.07, 6.45) is -1.04. The van der Waals surface area contributed by atoms with E-state index in [1.54, 1.807) is 32.9 Å². The summed E-state index contributed by atoms with van der Waals surface area (Å²) in [5, 5.41) is 0.303. The Labute approximate surface area is 233 Å². The van der Waals surface area contributed by atoms with E-state index in [9.17, 15) is 17.7 Å².